The zero-order valence-corrected chi connectivity index (χ0v) is 13.5. The average molecular weight is 336 g/mol. The Balaban J connectivity index is 1.78. The summed E-state index contributed by atoms with van der Waals surface area (Å²) in [6.45, 7) is 1.88. The van der Waals surface area contributed by atoms with Crippen molar-refractivity contribution >= 4 is 23.7 Å². The van der Waals surface area contributed by atoms with E-state index in [0.717, 1.165) is 25.7 Å². The fraction of sp³-hybridized carbons (Fsp3) is 0.647. The van der Waals surface area contributed by atoms with Crippen LogP contribution in [-0.2, 0) is 33.4 Å². The smallest absolute Gasteiger partial charge is 0.314 e. The van der Waals surface area contributed by atoms with Crippen molar-refractivity contribution in [1.82, 2.24) is 0 Å². The number of allylic oxidation sites excluding steroid dienone is 2. The van der Waals surface area contributed by atoms with Crippen LogP contribution in [0.1, 0.15) is 45.4 Å². The first-order chi connectivity index (χ1) is 11.5. The first kappa shape index (κ1) is 16.7. The molecule has 0 bridgehead atoms. The van der Waals surface area contributed by atoms with Crippen LogP contribution in [0.4, 0.5) is 0 Å². The monoisotopic (exact) mass is 336 g/mol. The van der Waals surface area contributed by atoms with Crippen LogP contribution in [-0.4, -0.2) is 30.3 Å². The molecule has 3 rings (SSSR count). The third kappa shape index (κ3) is 3.83. The molecule has 1 unspecified atom stereocenters. The first-order valence-corrected chi connectivity index (χ1v) is 8.36. The van der Waals surface area contributed by atoms with Gasteiger partial charge in [-0.15, -0.1) is 0 Å². The Morgan fingerprint density at radius 2 is 1.46 bits per heavy atom. The zero-order chi connectivity index (χ0) is 17.3. The van der Waals surface area contributed by atoms with Gasteiger partial charge in [-0.2, -0.15) is 0 Å². The lowest BCUT2D eigenvalue weighted by Crippen LogP contribution is -2.30. The van der Waals surface area contributed by atoms with Crippen molar-refractivity contribution in [1.29, 1.82) is 0 Å². The molecule has 0 heterocycles. The molecule has 0 aliphatic heterocycles. The number of hydrogen-bond donors (Lipinski definition) is 0. The lowest BCUT2D eigenvalue weighted by atomic mass is 9.91. The summed E-state index contributed by atoms with van der Waals surface area (Å²) in [5, 5.41) is 0. The van der Waals surface area contributed by atoms with Crippen molar-refractivity contribution in [3.8, 4) is 0 Å². The predicted octanol–water partition coefficient (Wildman–Crippen LogP) is 1.65. The minimum atomic E-state index is -0.720. The molecule has 0 N–H and O–H groups in total. The maximum absolute atomic E-state index is 12.3. The Labute approximate surface area is 139 Å². The highest BCUT2D eigenvalue weighted by molar-refractivity contribution is 6.00. The van der Waals surface area contributed by atoms with E-state index >= 15 is 0 Å². The predicted molar refractivity (Wildman–Crippen MR) is 79.0 cm³/mol. The van der Waals surface area contributed by atoms with Gasteiger partial charge in [-0.05, 0) is 32.6 Å². The van der Waals surface area contributed by atoms with Gasteiger partial charge in [0.25, 0.3) is 0 Å². The summed E-state index contributed by atoms with van der Waals surface area (Å²) in [5.41, 5.74) is 0. The second-order valence-corrected chi connectivity index (χ2v) is 6.42. The number of ketones is 1. The highest BCUT2D eigenvalue weighted by Gasteiger charge is 2.41. The van der Waals surface area contributed by atoms with Crippen LogP contribution >= 0.6 is 0 Å². The van der Waals surface area contributed by atoms with Gasteiger partial charge in [-0.3, -0.25) is 19.2 Å². The molecule has 0 aromatic rings. The van der Waals surface area contributed by atoms with Crippen LogP contribution in [0.2, 0.25) is 0 Å². The Morgan fingerprint density at radius 3 is 2.00 bits per heavy atom. The third-order valence-corrected chi connectivity index (χ3v) is 4.24. The van der Waals surface area contributed by atoms with Gasteiger partial charge < -0.3 is 14.2 Å². The molecular formula is C17H20O7. The van der Waals surface area contributed by atoms with Crippen molar-refractivity contribution < 1.29 is 33.4 Å². The molecule has 130 valence electrons. The van der Waals surface area contributed by atoms with Gasteiger partial charge in [-0.1, -0.05) is 0 Å². The molecular weight excluding hydrogens is 316 g/mol. The molecule has 0 radical (unpaired) electrons. The molecule has 3 aliphatic rings. The van der Waals surface area contributed by atoms with E-state index in [1.165, 1.54) is 0 Å². The van der Waals surface area contributed by atoms with Crippen LogP contribution in [0.15, 0.2) is 11.5 Å². The molecule has 0 amide bonds. The summed E-state index contributed by atoms with van der Waals surface area (Å²) in [7, 11) is 0. The highest BCUT2D eigenvalue weighted by atomic mass is 16.6. The van der Waals surface area contributed by atoms with Crippen LogP contribution in [0.25, 0.3) is 0 Å². The van der Waals surface area contributed by atoms with E-state index < -0.39 is 29.6 Å². The van der Waals surface area contributed by atoms with Gasteiger partial charge in [0.2, 0.25) is 11.5 Å². The second-order valence-electron chi connectivity index (χ2n) is 6.42. The van der Waals surface area contributed by atoms with E-state index in [9.17, 15) is 19.2 Å². The van der Waals surface area contributed by atoms with Gasteiger partial charge in [0.15, 0.2) is 5.76 Å². The van der Waals surface area contributed by atoms with Gasteiger partial charge >= 0.3 is 17.9 Å². The van der Waals surface area contributed by atoms with Gasteiger partial charge in [-0.25, -0.2) is 0 Å². The topological polar surface area (TPSA) is 96.0 Å². The number of carbonyl (C=O) groups excluding carboxylic acids is 4. The standard InChI is InChI=1S/C17H20O7/c1-2-22-15(19)11-7-12(18)14(24-17(21)10-5-6-10)13(8-11)23-16(20)9-3-4-9/h9-11H,2-8H2,1H3. The summed E-state index contributed by atoms with van der Waals surface area (Å²) >= 11 is 0. The van der Waals surface area contributed by atoms with E-state index in [1.54, 1.807) is 6.92 Å². The number of esters is 3. The second kappa shape index (κ2) is 6.75. The molecule has 0 aromatic heterocycles. The largest absolute Gasteiger partial charge is 0.466 e. The number of Topliss-reactive ketones (excluding diaryl/α,β-unsaturated/α-hetero) is 1. The molecule has 0 spiro atoms. The van der Waals surface area contributed by atoms with Gasteiger partial charge in [0.1, 0.15) is 0 Å². The lowest BCUT2D eigenvalue weighted by Gasteiger charge is -2.23. The first-order valence-electron chi connectivity index (χ1n) is 8.36. The van der Waals surface area contributed by atoms with E-state index in [0.29, 0.717) is 0 Å². The maximum atomic E-state index is 12.3. The van der Waals surface area contributed by atoms with Crippen molar-refractivity contribution in [2.45, 2.75) is 45.4 Å². The molecule has 2 fully saturated rings. The fourth-order valence-corrected chi connectivity index (χ4v) is 2.52. The Bertz CT molecular complexity index is 610. The van der Waals surface area contributed by atoms with Gasteiger partial charge in [0, 0.05) is 12.8 Å². The molecule has 24 heavy (non-hydrogen) atoms. The fourth-order valence-electron chi connectivity index (χ4n) is 2.52. The summed E-state index contributed by atoms with van der Waals surface area (Å²) in [5.74, 6) is -3.26. The van der Waals surface area contributed by atoms with Gasteiger partial charge in [0.05, 0.1) is 24.4 Å². The summed E-state index contributed by atoms with van der Waals surface area (Å²) < 4.78 is 15.4. The van der Waals surface area contributed by atoms with Crippen LogP contribution in [0.3, 0.4) is 0 Å². The summed E-state index contributed by atoms with van der Waals surface area (Å²) in [6.07, 6.45) is 2.88. The number of ether oxygens (including phenoxy) is 3. The minimum Gasteiger partial charge on any atom is -0.466 e. The molecule has 0 aromatic carbocycles. The van der Waals surface area contributed by atoms with Crippen LogP contribution in [0.5, 0.6) is 0 Å². The van der Waals surface area contributed by atoms with E-state index in [-0.39, 0.29) is 42.8 Å². The molecule has 2 saturated carbocycles. The zero-order valence-electron chi connectivity index (χ0n) is 13.5. The molecule has 1 atom stereocenters. The van der Waals surface area contributed by atoms with Crippen LogP contribution < -0.4 is 0 Å². The maximum Gasteiger partial charge on any atom is 0.314 e. The Morgan fingerprint density at radius 1 is 0.875 bits per heavy atom. The van der Waals surface area contributed by atoms with Crippen molar-refractivity contribution in [2.75, 3.05) is 6.61 Å². The Hall–Kier alpha value is -2.18. The van der Waals surface area contributed by atoms with E-state index in [4.69, 9.17) is 14.2 Å². The number of carbonyl (C=O) groups is 4. The summed E-state index contributed by atoms with van der Waals surface area (Å²) in [6, 6.07) is 0. The van der Waals surface area contributed by atoms with Crippen LogP contribution in [0, 0.1) is 17.8 Å². The summed E-state index contributed by atoms with van der Waals surface area (Å²) in [4.78, 5) is 48.1. The third-order valence-electron chi connectivity index (χ3n) is 4.24. The highest BCUT2D eigenvalue weighted by Crippen LogP contribution is 2.36. The van der Waals surface area contributed by atoms with Crippen molar-refractivity contribution in [2.24, 2.45) is 17.8 Å². The minimum absolute atomic E-state index is 0.0183. The molecule has 3 aliphatic carbocycles. The normalized spacial score (nSPS) is 23.7. The molecule has 7 nitrogen and oxygen atoms in total. The van der Waals surface area contributed by atoms with E-state index in [2.05, 4.69) is 0 Å². The molecule has 0 saturated heterocycles. The average Bonchev–Trinajstić information content (AvgIpc) is 3.40. The quantitative estimate of drug-likeness (QED) is 0.537. The van der Waals surface area contributed by atoms with Crippen molar-refractivity contribution in [3.05, 3.63) is 11.5 Å². The molecule has 7 heteroatoms. The number of hydrogen-bond acceptors (Lipinski definition) is 7. The SMILES string of the molecule is CCOC(=O)C1CC(=O)C(OC(=O)C2CC2)=C(OC(=O)C2CC2)C1. The Kier molecular flexibility index (Phi) is 4.69. The van der Waals surface area contributed by atoms with Crippen molar-refractivity contribution in [3.63, 3.8) is 0 Å². The number of rotatable bonds is 6. The van der Waals surface area contributed by atoms with E-state index in [1.807, 2.05) is 0 Å². The lowest BCUT2D eigenvalue weighted by molar-refractivity contribution is -0.154.